The number of benzene rings is 1. The summed E-state index contributed by atoms with van der Waals surface area (Å²) >= 11 is 0. The van der Waals surface area contributed by atoms with Crippen LogP contribution in [0.15, 0.2) is 36.7 Å². The van der Waals surface area contributed by atoms with Crippen LogP contribution in [0.2, 0.25) is 0 Å². The molecule has 1 amide bonds. The molecule has 0 unspecified atom stereocenters. The lowest BCUT2D eigenvalue weighted by atomic mass is 9.95. The number of ether oxygens (including phenoxy) is 1. The first kappa shape index (κ1) is 21.2. The Morgan fingerprint density at radius 1 is 1.26 bits per heavy atom. The summed E-state index contributed by atoms with van der Waals surface area (Å²) < 4.78 is 7.18. The molecule has 2 heterocycles. The van der Waals surface area contributed by atoms with Crippen molar-refractivity contribution in [2.24, 2.45) is 0 Å². The second-order valence-corrected chi connectivity index (χ2v) is 8.20. The van der Waals surface area contributed by atoms with E-state index in [1.54, 1.807) is 13.3 Å². The van der Waals surface area contributed by atoms with Crippen LogP contribution in [0, 0.1) is 0 Å². The summed E-state index contributed by atoms with van der Waals surface area (Å²) in [6.07, 6.45) is 9.44. The molecule has 1 aliphatic rings. The Morgan fingerprint density at radius 2 is 2.06 bits per heavy atom. The molecule has 0 bridgehead atoms. The van der Waals surface area contributed by atoms with Gasteiger partial charge in [0.15, 0.2) is 5.65 Å². The molecule has 4 rings (SSSR count). The Labute approximate surface area is 183 Å². The zero-order chi connectivity index (χ0) is 21.8. The van der Waals surface area contributed by atoms with Crippen LogP contribution in [0.1, 0.15) is 67.9 Å². The summed E-state index contributed by atoms with van der Waals surface area (Å²) in [5, 5.41) is 12.2. The van der Waals surface area contributed by atoms with Crippen molar-refractivity contribution >= 4 is 22.6 Å². The van der Waals surface area contributed by atoms with Crippen LogP contribution in [0.5, 0.6) is 5.75 Å². The van der Waals surface area contributed by atoms with Gasteiger partial charge in [-0.05, 0) is 44.4 Å². The molecular weight excluding hydrogens is 390 g/mol. The Morgan fingerprint density at radius 3 is 2.81 bits per heavy atom. The van der Waals surface area contributed by atoms with Gasteiger partial charge in [0.25, 0.3) is 5.91 Å². The second-order valence-electron chi connectivity index (χ2n) is 8.20. The van der Waals surface area contributed by atoms with Gasteiger partial charge in [-0.1, -0.05) is 31.4 Å². The average molecular weight is 422 g/mol. The van der Waals surface area contributed by atoms with E-state index < -0.39 is 0 Å². The van der Waals surface area contributed by atoms with Crippen LogP contribution in [0.25, 0.3) is 11.0 Å². The quantitative estimate of drug-likeness (QED) is 0.578. The van der Waals surface area contributed by atoms with Gasteiger partial charge in [-0.25, -0.2) is 9.67 Å². The lowest BCUT2D eigenvalue weighted by molar-refractivity contribution is 0.0940. The SMILES string of the molecule is CCn1ncc2c(NC3CCCCC3)c(C(=O)N[C@H](C)c3cccc(OC)c3)cnc21. The number of methoxy groups -OCH3 is 1. The van der Waals surface area contributed by atoms with Gasteiger partial charge in [-0.2, -0.15) is 5.10 Å². The molecule has 0 radical (unpaired) electrons. The average Bonchev–Trinajstić information content (AvgIpc) is 3.23. The predicted octanol–water partition coefficient (Wildman–Crippen LogP) is 4.70. The molecule has 1 saturated carbocycles. The van der Waals surface area contributed by atoms with Crippen molar-refractivity contribution in [1.82, 2.24) is 20.1 Å². The third-order valence-electron chi connectivity index (χ3n) is 6.11. The number of nitrogens with zero attached hydrogens (tertiary/aromatic N) is 3. The Hall–Kier alpha value is -3.09. The molecule has 3 aromatic rings. The zero-order valence-corrected chi connectivity index (χ0v) is 18.5. The second kappa shape index (κ2) is 9.37. The molecule has 1 atom stereocenters. The van der Waals surface area contributed by atoms with Gasteiger partial charge in [0.2, 0.25) is 0 Å². The lowest BCUT2D eigenvalue weighted by Crippen LogP contribution is -2.29. The topological polar surface area (TPSA) is 81.1 Å². The van der Waals surface area contributed by atoms with E-state index in [0.717, 1.165) is 47.4 Å². The van der Waals surface area contributed by atoms with E-state index >= 15 is 0 Å². The number of fused-ring (bicyclic) bond motifs is 1. The Kier molecular flexibility index (Phi) is 6.39. The van der Waals surface area contributed by atoms with Crippen molar-refractivity contribution < 1.29 is 9.53 Å². The predicted molar refractivity (Wildman–Crippen MR) is 123 cm³/mol. The smallest absolute Gasteiger partial charge is 0.255 e. The third-order valence-corrected chi connectivity index (χ3v) is 6.11. The Balaban J connectivity index is 1.64. The molecular formula is C24H31N5O2. The molecule has 0 aliphatic heterocycles. The number of aromatic nitrogens is 3. The maximum absolute atomic E-state index is 13.3. The van der Waals surface area contributed by atoms with Crippen molar-refractivity contribution in [2.75, 3.05) is 12.4 Å². The number of hydrogen-bond acceptors (Lipinski definition) is 5. The molecule has 1 fully saturated rings. The third kappa shape index (κ3) is 4.50. The number of aryl methyl sites for hydroxylation is 1. The Bertz CT molecular complexity index is 1060. The minimum absolute atomic E-state index is 0.146. The number of carbonyl (C=O) groups excluding carboxylic acids is 1. The van der Waals surface area contributed by atoms with Gasteiger partial charge < -0.3 is 15.4 Å². The minimum atomic E-state index is -0.167. The van der Waals surface area contributed by atoms with Crippen molar-refractivity contribution in [3.05, 3.63) is 47.8 Å². The fourth-order valence-corrected chi connectivity index (χ4v) is 4.31. The largest absolute Gasteiger partial charge is 0.497 e. The summed E-state index contributed by atoms with van der Waals surface area (Å²) in [5.74, 6) is 0.626. The number of amides is 1. The van der Waals surface area contributed by atoms with Gasteiger partial charge >= 0.3 is 0 Å². The zero-order valence-electron chi connectivity index (χ0n) is 18.5. The van der Waals surface area contributed by atoms with Crippen molar-refractivity contribution in [3.63, 3.8) is 0 Å². The van der Waals surface area contributed by atoms with Gasteiger partial charge in [0.1, 0.15) is 5.75 Å². The lowest BCUT2D eigenvalue weighted by Gasteiger charge is -2.25. The first-order valence-corrected chi connectivity index (χ1v) is 11.2. The van der Waals surface area contributed by atoms with Gasteiger partial charge in [0, 0.05) is 18.8 Å². The number of nitrogens with one attached hydrogen (secondary N) is 2. The first-order valence-electron chi connectivity index (χ1n) is 11.2. The number of pyridine rings is 1. The number of hydrogen-bond donors (Lipinski definition) is 2. The molecule has 1 aliphatic carbocycles. The molecule has 2 N–H and O–H groups in total. The maximum atomic E-state index is 13.3. The van der Waals surface area contributed by atoms with Gasteiger partial charge in [0.05, 0.1) is 36.0 Å². The van der Waals surface area contributed by atoms with Crippen molar-refractivity contribution in [1.29, 1.82) is 0 Å². The monoisotopic (exact) mass is 421 g/mol. The van der Waals surface area contributed by atoms with E-state index in [4.69, 9.17) is 4.74 Å². The van der Waals surface area contributed by atoms with Gasteiger partial charge in [-0.3, -0.25) is 4.79 Å². The molecule has 0 saturated heterocycles. The highest BCUT2D eigenvalue weighted by molar-refractivity contribution is 6.06. The first-order chi connectivity index (χ1) is 15.1. The summed E-state index contributed by atoms with van der Waals surface area (Å²) in [6, 6.07) is 7.96. The molecule has 0 spiro atoms. The molecule has 7 nitrogen and oxygen atoms in total. The number of carbonyl (C=O) groups is 1. The van der Waals surface area contributed by atoms with Crippen LogP contribution in [-0.4, -0.2) is 33.8 Å². The highest BCUT2D eigenvalue weighted by atomic mass is 16.5. The van der Waals surface area contributed by atoms with E-state index in [-0.39, 0.29) is 11.9 Å². The van der Waals surface area contributed by atoms with Crippen LogP contribution < -0.4 is 15.4 Å². The van der Waals surface area contributed by atoms with E-state index in [0.29, 0.717) is 11.6 Å². The molecule has 1 aromatic carbocycles. The minimum Gasteiger partial charge on any atom is -0.497 e. The van der Waals surface area contributed by atoms with Crippen LogP contribution in [0.3, 0.4) is 0 Å². The van der Waals surface area contributed by atoms with E-state index in [9.17, 15) is 4.79 Å². The fourth-order valence-electron chi connectivity index (χ4n) is 4.31. The van der Waals surface area contributed by atoms with Crippen molar-refractivity contribution in [3.8, 4) is 5.75 Å². The van der Waals surface area contributed by atoms with E-state index in [2.05, 4.69) is 20.7 Å². The standard InChI is InChI=1S/C24H31N5O2/c1-4-29-23-20(15-26-29)22(28-18-10-6-5-7-11-18)21(14-25-23)24(30)27-16(2)17-9-8-12-19(13-17)31-3/h8-9,12-16,18H,4-7,10-11H2,1-3H3,(H,25,28)(H,27,30)/t16-/m1/s1. The fraction of sp³-hybridized carbons (Fsp3) is 0.458. The van der Waals surface area contributed by atoms with E-state index in [1.165, 1.54) is 19.3 Å². The maximum Gasteiger partial charge on any atom is 0.255 e. The number of anilines is 1. The normalized spacial score (nSPS) is 15.6. The summed E-state index contributed by atoms with van der Waals surface area (Å²) in [7, 11) is 1.64. The highest BCUT2D eigenvalue weighted by Crippen LogP contribution is 2.30. The number of rotatable bonds is 7. The molecule has 164 valence electrons. The summed E-state index contributed by atoms with van der Waals surface area (Å²) in [5.41, 5.74) is 3.19. The summed E-state index contributed by atoms with van der Waals surface area (Å²) in [6.45, 7) is 4.75. The van der Waals surface area contributed by atoms with E-state index in [1.807, 2.05) is 49.0 Å². The van der Waals surface area contributed by atoms with Crippen molar-refractivity contribution in [2.45, 2.75) is 64.6 Å². The van der Waals surface area contributed by atoms with Crippen LogP contribution >= 0.6 is 0 Å². The highest BCUT2D eigenvalue weighted by Gasteiger charge is 2.23. The van der Waals surface area contributed by atoms with Crippen LogP contribution in [0.4, 0.5) is 5.69 Å². The molecule has 7 heteroatoms. The molecule has 2 aromatic heterocycles. The van der Waals surface area contributed by atoms with Gasteiger partial charge in [-0.15, -0.1) is 0 Å². The molecule has 31 heavy (non-hydrogen) atoms. The van der Waals surface area contributed by atoms with Crippen LogP contribution in [-0.2, 0) is 6.54 Å². The summed E-state index contributed by atoms with van der Waals surface area (Å²) in [4.78, 5) is 17.9.